The smallest absolute Gasteiger partial charge is 0.194 e. The van der Waals surface area contributed by atoms with E-state index in [-0.39, 0.29) is 24.0 Å². The molecule has 4 rings (SSSR count). The molecule has 0 saturated heterocycles. The average molecular weight is 504 g/mol. The van der Waals surface area contributed by atoms with E-state index in [9.17, 15) is 0 Å². The minimum atomic E-state index is 0. The number of halogens is 1. The lowest BCUT2D eigenvalue weighted by molar-refractivity contribution is 0.356. The number of nitrogens with one attached hydrogen (secondary N) is 1. The Bertz CT molecular complexity index is 995. The second-order valence-electron chi connectivity index (χ2n) is 6.69. The van der Waals surface area contributed by atoms with Gasteiger partial charge < -0.3 is 19.7 Å². The van der Waals surface area contributed by atoms with E-state index < -0.39 is 0 Å². The standard InChI is InChI=1S/C22H24N4O2.HI/c1-27-20-12-17-7-6-16(11-18(17)13-21(20)28-2)14-25-22-24-9-10-26(22)15-19-5-3-4-8-23-19;/h3-8,11-13H,9-10,14-15H2,1-2H3,(H,24,25);1H. The molecule has 152 valence electrons. The molecule has 0 radical (unpaired) electrons. The van der Waals surface area contributed by atoms with Gasteiger partial charge in [0, 0.05) is 19.3 Å². The van der Waals surface area contributed by atoms with Crippen molar-refractivity contribution in [2.45, 2.75) is 13.1 Å². The van der Waals surface area contributed by atoms with Crippen molar-refractivity contribution in [3.05, 3.63) is 66.0 Å². The van der Waals surface area contributed by atoms with Crippen LogP contribution in [0.2, 0.25) is 0 Å². The molecule has 1 aromatic heterocycles. The quantitative estimate of drug-likeness (QED) is 0.518. The maximum atomic E-state index is 5.42. The molecule has 7 heteroatoms. The summed E-state index contributed by atoms with van der Waals surface area (Å²) in [5, 5.41) is 5.72. The van der Waals surface area contributed by atoms with Crippen LogP contribution in [0, 0.1) is 0 Å². The third-order valence-corrected chi connectivity index (χ3v) is 4.87. The normalized spacial score (nSPS) is 13.0. The van der Waals surface area contributed by atoms with Crippen LogP contribution in [0.3, 0.4) is 0 Å². The number of guanidine groups is 1. The number of hydrogen-bond donors (Lipinski definition) is 1. The predicted molar refractivity (Wildman–Crippen MR) is 126 cm³/mol. The molecule has 2 aromatic carbocycles. The Kier molecular flexibility index (Phi) is 7.13. The highest BCUT2D eigenvalue weighted by Gasteiger charge is 2.17. The third-order valence-electron chi connectivity index (χ3n) is 4.87. The van der Waals surface area contributed by atoms with E-state index in [1.54, 1.807) is 14.2 Å². The lowest BCUT2D eigenvalue weighted by Crippen LogP contribution is -2.37. The molecule has 0 atom stereocenters. The van der Waals surface area contributed by atoms with Gasteiger partial charge in [-0.1, -0.05) is 18.2 Å². The fourth-order valence-electron chi connectivity index (χ4n) is 3.41. The lowest BCUT2D eigenvalue weighted by atomic mass is 10.1. The van der Waals surface area contributed by atoms with Gasteiger partial charge in [-0.3, -0.25) is 9.98 Å². The molecule has 0 fully saturated rings. The zero-order chi connectivity index (χ0) is 19.3. The number of methoxy groups -OCH3 is 2. The maximum absolute atomic E-state index is 5.42. The van der Waals surface area contributed by atoms with Crippen molar-refractivity contribution < 1.29 is 9.47 Å². The van der Waals surface area contributed by atoms with E-state index in [1.807, 2.05) is 36.5 Å². The van der Waals surface area contributed by atoms with Crippen LogP contribution in [0.1, 0.15) is 11.3 Å². The average Bonchev–Trinajstić information content (AvgIpc) is 3.18. The van der Waals surface area contributed by atoms with Gasteiger partial charge in [0.15, 0.2) is 17.5 Å². The number of benzene rings is 2. The second kappa shape index (κ2) is 9.78. The summed E-state index contributed by atoms with van der Waals surface area (Å²) in [4.78, 5) is 11.3. The first-order chi connectivity index (χ1) is 13.8. The van der Waals surface area contributed by atoms with Crippen LogP contribution < -0.4 is 14.8 Å². The van der Waals surface area contributed by atoms with Crippen molar-refractivity contribution >= 4 is 40.7 Å². The molecule has 29 heavy (non-hydrogen) atoms. The molecule has 0 unspecified atom stereocenters. The highest BCUT2D eigenvalue weighted by atomic mass is 127. The molecule has 2 heterocycles. The van der Waals surface area contributed by atoms with E-state index in [1.165, 1.54) is 5.56 Å². The third kappa shape index (κ3) is 4.90. The lowest BCUT2D eigenvalue weighted by Gasteiger charge is -2.21. The van der Waals surface area contributed by atoms with Gasteiger partial charge in [-0.2, -0.15) is 0 Å². The number of rotatable bonds is 6. The van der Waals surface area contributed by atoms with Crippen molar-refractivity contribution in [2.75, 3.05) is 27.3 Å². The van der Waals surface area contributed by atoms with Gasteiger partial charge in [-0.25, -0.2) is 0 Å². The Balaban J connectivity index is 0.00000240. The van der Waals surface area contributed by atoms with Crippen molar-refractivity contribution in [1.82, 2.24) is 15.2 Å². The summed E-state index contributed by atoms with van der Waals surface area (Å²) < 4.78 is 10.8. The van der Waals surface area contributed by atoms with Crippen LogP contribution in [0.4, 0.5) is 0 Å². The van der Waals surface area contributed by atoms with Crippen molar-refractivity contribution in [1.29, 1.82) is 0 Å². The highest BCUT2D eigenvalue weighted by Crippen LogP contribution is 2.32. The van der Waals surface area contributed by atoms with Gasteiger partial charge >= 0.3 is 0 Å². The van der Waals surface area contributed by atoms with Crippen LogP contribution >= 0.6 is 24.0 Å². The predicted octanol–water partition coefficient (Wildman–Crippen LogP) is 3.83. The van der Waals surface area contributed by atoms with Gasteiger partial charge in [-0.05, 0) is 46.7 Å². The van der Waals surface area contributed by atoms with Crippen molar-refractivity contribution in [2.24, 2.45) is 4.99 Å². The van der Waals surface area contributed by atoms with Gasteiger partial charge in [0.25, 0.3) is 0 Å². The van der Waals surface area contributed by atoms with Crippen LogP contribution in [0.25, 0.3) is 10.8 Å². The number of nitrogens with zero attached hydrogens (tertiary/aromatic N) is 3. The summed E-state index contributed by atoms with van der Waals surface area (Å²) in [6.07, 6.45) is 1.83. The fraction of sp³-hybridized carbons (Fsp3) is 0.273. The Labute approximate surface area is 188 Å². The molecular weight excluding hydrogens is 479 g/mol. The SMILES string of the molecule is COc1cc2ccc(CNC3=NCCN3Cc3ccccn3)cc2cc1OC.I. The van der Waals surface area contributed by atoms with Crippen LogP contribution in [0.15, 0.2) is 59.7 Å². The van der Waals surface area contributed by atoms with Crippen molar-refractivity contribution in [3.8, 4) is 11.5 Å². The summed E-state index contributed by atoms with van der Waals surface area (Å²) in [5.74, 6) is 2.41. The molecule has 0 saturated carbocycles. The maximum Gasteiger partial charge on any atom is 0.194 e. The minimum absolute atomic E-state index is 0. The molecule has 3 aromatic rings. The van der Waals surface area contributed by atoms with E-state index in [4.69, 9.17) is 9.47 Å². The molecule has 0 bridgehead atoms. The molecule has 0 spiro atoms. The monoisotopic (exact) mass is 504 g/mol. The number of ether oxygens (including phenoxy) is 2. The zero-order valence-corrected chi connectivity index (χ0v) is 18.9. The molecule has 6 nitrogen and oxygen atoms in total. The molecule has 0 aliphatic carbocycles. The van der Waals surface area contributed by atoms with E-state index in [0.29, 0.717) is 6.54 Å². The highest BCUT2D eigenvalue weighted by molar-refractivity contribution is 14.0. The second-order valence-corrected chi connectivity index (χ2v) is 6.69. The Morgan fingerprint density at radius 2 is 1.79 bits per heavy atom. The van der Waals surface area contributed by atoms with Crippen molar-refractivity contribution in [3.63, 3.8) is 0 Å². The summed E-state index contributed by atoms with van der Waals surface area (Å²) in [7, 11) is 3.31. The molecule has 0 amide bonds. The topological polar surface area (TPSA) is 59.0 Å². The first-order valence-corrected chi connectivity index (χ1v) is 9.34. The van der Waals surface area contributed by atoms with E-state index in [2.05, 4.69) is 38.4 Å². The number of aliphatic imine (C=N–C) groups is 1. The Hall–Kier alpha value is -2.55. The molecular formula is C22H25IN4O2. The fourth-order valence-corrected chi connectivity index (χ4v) is 3.41. The van der Waals surface area contributed by atoms with Crippen LogP contribution in [-0.4, -0.2) is 43.2 Å². The minimum Gasteiger partial charge on any atom is -0.493 e. The molecule has 1 aliphatic rings. The van der Waals surface area contributed by atoms with E-state index in [0.717, 1.165) is 53.6 Å². The largest absolute Gasteiger partial charge is 0.493 e. The number of hydrogen-bond acceptors (Lipinski definition) is 6. The van der Waals surface area contributed by atoms with E-state index >= 15 is 0 Å². The molecule has 1 aliphatic heterocycles. The van der Waals surface area contributed by atoms with Crippen LogP contribution in [0.5, 0.6) is 11.5 Å². The van der Waals surface area contributed by atoms with Gasteiger partial charge in [0.2, 0.25) is 0 Å². The summed E-state index contributed by atoms with van der Waals surface area (Å²) in [5.41, 5.74) is 2.23. The summed E-state index contributed by atoms with van der Waals surface area (Å²) in [6.45, 7) is 3.20. The summed E-state index contributed by atoms with van der Waals surface area (Å²) >= 11 is 0. The van der Waals surface area contributed by atoms with Gasteiger partial charge in [-0.15, -0.1) is 24.0 Å². The zero-order valence-electron chi connectivity index (χ0n) is 16.6. The molecule has 1 N–H and O–H groups in total. The first kappa shape index (κ1) is 21.2. The van der Waals surface area contributed by atoms with Gasteiger partial charge in [0.1, 0.15) is 0 Å². The first-order valence-electron chi connectivity index (χ1n) is 9.34. The number of aromatic nitrogens is 1. The number of pyridine rings is 1. The summed E-state index contributed by atoms with van der Waals surface area (Å²) in [6, 6.07) is 16.4. The Morgan fingerprint density at radius 3 is 2.52 bits per heavy atom. The van der Waals surface area contributed by atoms with Crippen LogP contribution in [-0.2, 0) is 13.1 Å². The number of fused-ring (bicyclic) bond motifs is 1. The Morgan fingerprint density at radius 1 is 1.00 bits per heavy atom. The van der Waals surface area contributed by atoms with Gasteiger partial charge in [0.05, 0.1) is 33.0 Å².